The number of carbonyl (C=O) groups is 3. The van der Waals surface area contributed by atoms with E-state index in [-0.39, 0.29) is 47.5 Å². The lowest BCUT2D eigenvalue weighted by Gasteiger charge is -2.30. The van der Waals surface area contributed by atoms with Crippen LogP contribution in [0.25, 0.3) is 11.2 Å². The van der Waals surface area contributed by atoms with E-state index in [1.54, 1.807) is 0 Å². The molecule has 2 aromatic rings. The van der Waals surface area contributed by atoms with Crippen LogP contribution in [0.4, 0.5) is 5.82 Å². The van der Waals surface area contributed by atoms with E-state index in [1.165, 1.54) is 13.8 Å². The molecule has 2 amide bonds. The zero-order valence-corrected chi connectivity index (χ0v) is 35.0. The van der Waals surface area contributed by atoms with E-state index < -0.39 is 84.6 Å². The smallest absolute Gasteiger partial charge is 0.386 e. The predicted molar refractivity (Wildman–Crippen MR) is 200 cm³/mol. The molecule has 8 atom stereocenters. The molecule has 0 spiro atoms. The maximum absolute atomic E-state index is 12.7. The first-order chi connectivity index (χ1) is 26.5. The van der Waals surface area contributed by atoms with Crippen molar-refractivity contribution < 1.29 is 80.5 Å². The van der Waals surface area contributed by atoms with Crippen molar-refractivity contribution in [1.82, 2.24) is 30.2 Å². The highest BCUT2D eigenvalue weighted by Gasteiger charge is 2.50. The van der Waals surface area contributed by atoms with Crippen molar-refractivity contribution >= 4 is 69.1 Å². The maximum atomic E-state index is 12.7. The average molecular weight is 894 g/mol. The number of nitrogen functional groups attached to an aromatic ring is 1. The molecular weight excluding hydrogens is 843 g/mol. The summed E-state index contributed by atoms with van der Waals surface area (Å²) in [6, 6.07) is 0. The number of phosphoric acid groups is 3. The highest BCUT2D eigenvalue weighted by atomic mass is 32.2. The lowest BCUT2D eigenvalue weighted by Crippen LogP contribution is -2.46. The number of aliphatic hydroxyl groups excluding tert-OH is 2. The van der Waals surface area contributed by atoms with Crippen molar-refractivity contribution in [3.8, 4) is 0 Å². The summed E-state index contributed by atoms with van der Waals surface area (Å²) in [6.07, 6.45) is -3.36. The normalized spacial score (nSPS) is 22.1. The first-order valence-electron chi connectivity index (χ1n) is 17.6. The molecule has 3 heterocycles. The van der Waals surface area contributed by atoms with Crippen LogP contribution in [0.2, 0.25) is 0 Å². The van der Waals surface area contributed by atoms with Gasteiger partial charge in [-0.25, -0.2) is 28.6 Å². The van der Waals surface area contributed by atoms with Crippen molar-refractivity contribution in [2.75, 3.05) is 37.8 Å². The number of hydrogen-bond acceptors (Lipinski definition) is 18. The molecule has 1 fully saturated rings. The SMILES string of the molecule is CCCCC(CC)C(=O)SCCNC(=O)CCNC(=O)[C@H](O)C(C)(C)COP(=O)(O)OP(=O)(O)OC[C@H]1O[C@@H](n2cnc3c(N)ncnc32)[C@H](O)[C@@H]1OP(=O)(O)O. The number of rotatable bonds is 24. The molecule has 1 aliphatic heterocycles. The number of carbonyl (C=O) groups excluding carboxylic acids is 3. The van der Waals surface area contributed by atoms with Gasteiger partial charge >= 0.3 is 23.5 Å². The summed E-state index contributed by atoms with van der Waals surface area (Å²) in [5, 5.41) is 26.5. The van der Waals surface area contributed by atoms with Crippen LogP contribution in [0.5, 0.6) is 0 Å². The molecule has 0 aliphatic carbocycles. The van der Waals surface area contributed by atoms with Gasteiger partial charge in [0.1, 0.15) is 36.3 Å². The Kier molecular flexibility index (Phi) is 18.2. The quantitative estimate of drug-likeness (QED) is 0.0521. The van der Waals surface area contributed by atoms with Crippen LogP contribution in [0, 0.1) is 11.3 Å². The van der Waals surface area contributed by atoms with E-state index in [0.29, 0.717) is 5.75 Å². The van der Waals surface area contributed by atoms with Gasteiger partial charge in [0.05, 0.1) is 19.5 Å². The van der Waals surface area contributed by atoms with Crippen molar-refractivity contribution in [3.63, 3.8) is 0 Å². The Hall–Kier alpha value is -2.44. The summed E-state index contributed by atoms with van der Waals surface area (Å²) in [5.74, 6) is -1.07. The number of aromatic nitrogens is 4. The standard InChI is InChI=1S/C29H50N7O17P3S/c1-5-7-8-17(6-2)28(41)57-12-11-31-19(37)9-10-32-26(40)23(39)29(3,4)14-50-56(47,48)53-55(45,46)49-13-18-22(52-54(42,43)44)21(38)27(51-18)36-16-35-20-24(30)33-15-34-25(20)36/h15-18,21-23,27,38-39H,5-14H2,1-4H3,(H,31,37)(H,32,40)(H,45,46)(H,47,48)(H2,30,33,34)(H2,42,43,44)/t17?,18-,21-,22-,23+,27-/m1/s1. The van der Waals surface area contributed by atoms with Crippen molar-refractivity contribution in [2.24, 2.45) is 11.3 Å². The Bertz CT molecular complexity index is 1830. The van der Waals surface area contributed by atoms with Crippen LogP contribution in [0.1, 0.15) is 66.0 Å². The Balaban J connectivity index is 1.48. The summed E-state index contributed by atoms with van der Waals surface area (Å²) in [5.41, 5.74) is 4.27. The van der Waals surface area contributed by atoms with Crippen LogP contribution in [0.15, 0.2) is 12.7 Å². The van der Waals surface area contributed by atoms with Gasteiger partial charge in [0, 0.05) is 36.6 Å². The lowest BCUT2D eigenvalue weighted by atomic mass is 9.87. The molecule has 24 nitrogen and oxygen atoms in total. The van der Waals surface area contributed by atoms with Crippen LogP contribution >= 0.6 is 35.2 Å². The largest absolute Gasteiger partial charge is 0.481 e. The number of unbranched alkanes of at least 4 members (excludes halogenated alkanes) is 1. The molecule has 3 unspecified atom stereocenters. The Morgan fingerprint density at radius 1 is 1.05 bits per heavy atom. The van der Waals surface area contributed by atoms with Gasteiger partial charge in [0.2, 0.25) is 11.8 Å². The zero-order valence-electron chi connectivity index (χ0n) is 31.5. The molecule has 3 rings (SSSR count). The number of anilines is 1. The third-order valence-corrected chi connectivity index (χ3v) is 12.6. The first kappa shape index (κ1) is 48.9. The molecule has 0 radical (unpaired) electrons. The number of aliphatic hydroxyl groups is 2. The van der Waals surface area contributed by atoms with E-state index in [9.17, 15) is 57.9 Å². The van der Waals surface area contributed by atoms with Gasteiger partial charge in [-0.2, -0.15) is 4.31 Å². The van der Waals surface area contributed by atoms with Crippen molar-refractivity contribution in [3.05, 3.63) is 12.7 Å². The maximum Gasteiger partial charge on any atom is 0.481 e. The van der Waals surface area contributed by atoms with E-state index in [1.807, 2.05) is 6.92 Å². The summed E-state index contributed by atoms with van der Waals surface area (Å²) in [4.78, 5) is 88.1. The highest BCUT2D eigenvalue weighted by Crippen LogP contribution is 2.61. The fraction of sp³-hybridized carbons (Fsp3) is 0.724. The molecule has 0 aromatic carbocycles. The number of imidazole rings is 1. The summed E-state index contributed by atoms with van der Waals surface area (Å²) >= 11 is 1.15. The van der Waals surface area contributed by atoms with Gasteiger partial charge in [0.15, 0.2) is 22.8 Å². The number of nitrogens with one attached hydrogen (secondary N) is 2. The van der Waals surface area contributed by atoms with Crippen LogP contribution < -0.4 is 16.4 Å². The van der Waals surface area contributed by atoms with E-state index in [0.717, 1.165) is 54.7 Å². The van der Waals surface area contributed by atoms with E-state index in [4.69, 9.17) is 19.5 Å². The van der Waals surface area contributed by atoms with Gasteiger partial charge in [-0.3, -0.25) is 32.5 Å². The molecule has 28 heteroatoms. The molecule has 1 saturated heterocycles. The second-order valence-electron chi connectivity index (χ2n) is 13.5. The van der Waals surface area contributed by atoms with Gasteiger partial charge in [-0.05, 0) is 12.8 Å². The van der Waals surface area contributed by atoms with Gasteiger partial charge in [-0.15, -0.1) is 0 Å². The van der Waals surface area contributed by atoms with E-state index in [2.05, 4.69) is 41.3 Å². The fourth-order valence-electron chi connectivity index (χ4n) is 5.34. The van der Waals surface area contributed by atoms with Gasteiger partial charge in [0.25, 0.3) is 0 Å². The number of nitrogens with two attached hydrogens (primary N) is 1. The number of fused-ring (bicyclic) bond motifs is 1. The molecule has 10 N–H and O–H groups in total. The second kappa shape index (κ2) is 21.2. The minimum Gasteiger partial charge on any atom is -0.386 e. The minimum absolute atomic E-state index is 0.0253. The average Bonchev–Trinajstić information content (AvgIpc) is 3.68. The van der Waals surface area contributed by atoms with Gasteiger partial charge < -0.3 is 50.9 Å². The zero-order chi connectivity index (χ0) is 42.8. The predicted octanol–water partition coefficient (Wildman–Crippen LogP) is 0.881. The second-order valence-corrected chi connectivity index (χ2v) is 18.8. The number of ether oxygens (including phenoxy) is 1. The van der Waals surface area contributed by atoms with E-state index >= 15 is 0 Å². The molecule has 0 bridgehead atoms. The number of nitrogens with zero attached hydrogens (tertiary/aromatic N) is 4. The highest BCUT2D eigenvalue weighted by molar-refractivity contribution is 8.13. The minimum atomic E-state index is -5.57. The monoisotopic (exact) mass is 893 g/mol. The summed E-state index contributed by atoms with van der Waals surface area (Å²) in [6.45, 7) is 4.56. The summed E-state index contributed by atoms with van der Waals surface area (Å²) in [7, 11) is -16.4. The number of hydrogen-bond donors (Lipinski definition) is 9. The fourth-order valence-corrected chi connectivity index (χ4v) is 9.09. The number of phosphoric ester groups is 3. The van der Waals surface area contributed by atoms with Crippen LogP contribution in [-0.4, -0.2) is 123 Å². The number of amides is 2. The molecule has 1 aliphatic rings. The Morgan fingerprint density at radius 2 is 1.74 bits per heavy atom. The van der Waals surface area contributed by atoms with Gasteiger partial charge in [-0.1, -0.05) is 52.3 Å². The topological polar surface area (TPSA) is 364 Å². The number of thioether (sulfide) groups is 1. The van der Waals surface area contributed by atoms with Crippen LogP contribution in [-0.2, 0) is 50.7 Å². The first-order valence-corrected chi connectivity index (χ1v) is 23.1. The molecular formula is C29H50N7O17P3S. The molecule has 324 valence electrons. The third-order valence-electron chi connectivity index (χ3n) is 8.48. The Labute approximate surface area is 331 Å². The van der Waals surface area contributed by atoms with Crippen molar-refractivity contribution in [2.45, 2.75) is 90.4 Å². The van der Waals surface area contributed by atoms with Crippen molar-refractivity contribution in [1.29, 1.82) is 0 Å². The molecule has 0 saturated carbocycles. The molecule has 2 aromatic heterocycles. The summed E-state index contributed by atoms with van der Waals surface area (Å²) < 4.78 is 62.2. The van der Waals surface area contributed by atoms with Crippen LogP contribution in [0.3, 0.4) is 0 Å². The molecule has 57 heavy (non-hydrogen) atoms. The lowest BCUT2D eigenvalue weighted by molar-refractivity contribution is -0.137. The Morgan fingerprint density at radius 3 is 2.39 bits per heavy atom. The third kappa shape index (κ3) is 15.0.